The molecule has 46 heavy (non-hydrogen) atoms. The average Bonchev–Trinajstić information content (AvgIpc) is 3.56. The Hall–Kier alpha value is -5.00. The third-order valence-corrected chi connectivity index (χ3v) is 7.81. The number of urea groups is 1. The fraction of sp³-hybridized carbons (Fsp3) is 0.353. The molecule has 12 heteroatoms. The van der Waals surface area contributed by atoms with Crippen molar-refractivity contribution in [2.75, 3.05) is 49.0 Å². The summed E-state index contributed by atoms with van der Waals surface area (Å²) in [7, 11) is 2.68. The van der Waals surface area contributed by atoms with Gasteiger partial charge >= 0.3 is 12.0 Å². The molecule has 10 nitrogen and oxygen atoms in total. The van der Waals surface area contributed by atoms with Crippen molar-refractivity contribution in [3.05, 3.63) is 83.9 Å². The summed E-state index contributed by atoms with van der Waals surface area (Å²) >= 11 is 0. The number of anilines is 3. The molecule has 0 heterocycles. The van der Waals surface area contributed by atoms with Crippen LogP contribution in [-0.2, 0) is 25.5 Å². The van der Waals surface area contributed by atoms with Gasteiger partial charge in [-0.3, -0.25) is 14.4 Å². The molecule has 0 aromatic heterocycles. The molecule has 0 aliphatic heterocycles. The highest BCUT2D eigenvalue weighted by Gasteiger charge is 2.24. The van der Waals surface area contributed by atoms with Crippen LogP contribution in [0.1, 0.15) is 37.7 Å². The molecule has 1 aliphatic rings. The minimum atomic E-state index is -0.813. The molecule has 0 bridgehead atoms. The fourth-order valence-electron chi connectivity index (χ4n) is 5.33. The lowest BCUT2D eigenvalue weighted by molar-refractivity contribution is -0.139. The molecule has 2 N–H and O–H groups in total. The van der Waals surface area contributed by atoms with E-state index in [0.29, 0.717) is 29.4 Å². The van der Waals surface area contributed by atoms with Crippen molar-refractivity contribution in [2.24, 2.45) is 5.92 Å². The van der Waals surface area contributed by atoms with Gasteiger partial charge in [0.2, 0.25) is 5.91 Å². The van der Waals surface area contributed by atoms with E-state index in [2.05, 4.69) is 15.4 Å². The van der Waals surface area contributed by atoms with Crippen molar-refractivity contribution < 1.29 is 37.4 Å². The van der Waals surface area contributed by atoms with Crippen LogP contribution in [0.2, 0.25) is 0 Å². The number of esters is 1. The van der Waals surface area contributed by atoms with Crippen LogP contribution >= 0.6 is 0 Å². The summed E-state index contributed by atoms with van der Waals surface area (Å²) in [5.74, 6) is -2.24. The highest BCUT2D eigenvalue weighted by molar-refractivity contribution is 5.99. The maximum absolute atomic E-state index is 13.7. The zero-order chi connectivity index (χ0) is 33.1. The number of rotatable bonds is 13. The number of amides is 4. The minimum Gasteiger partial charge on any atom is -0.482 e. The normalized spacial score (nSPS) is 12.7. The summed E-state index contributed by atoms with van der Waals surface area (Å²) in [4.78, 5) is 53.4. The van der Waals surface area contributed by atoms with Crippen LogP contribution < -0.4 is 25.2 Å². The van der Waals surface area contributed by atoms with Crippen LogP contribution in [0.4, 0.5) is 30.6 Å². The highest BCUT2D eigenvalue weighted by Crippen LogP contribution is 2.32. The van der Waals surface area contributed by atoms with Gasteiger partial charge in [0.1, 0.15) is 17.4 Å². The maximum Gasteiger partial charge on any atom is 0.319 e. The van der Waals surface area contributed by atoms with Crippen LogP contribution in [-0.4, -0.2) is 57.7 Å². The standard InChI is InChI=1S/C34H38F2N4O6/c1-39(28-19-25(35)18-26(36)20-28)32(42)22-46-30-13-6-5-12-29(30)40(15-14-23-8-3-4-9-23)31(41)21-37-34(44)38-27-11-7-10-24(16-27)17-33(43)45-2/h5-7,10-13,16,18-20,23H,3-4,8-9,14-15,17,21-22H2,1-2H3,(H2,37,38,44). The van der Waals surface area contributed by atoms with Crippen LogP contribution in [0.5, 0.6) is 5.75 Å². The summed E-state index contributed by atoms with van der Waals surface area (Å²) < 4.78 is 37.9. The number of carbonyl (C=O) groups excluding carboxylic acids is 4. The second-order valence-corrected chi connectivity index (χ2v) is 11.1. The number of nitrogens with zero attached hydrogens (tertiary/aromatic N) is 2. The first-order chi connectivity index (χ1) is 22.1. The molecule has 0 spiro atoms. The van der Waals surface area contributed by atoms with E-state index in [1.54, 1.807) is 53.4 Å². The molecule has 0 unspecified atom stereocenters. The van der Waals surface area contributed by atoms with Crippen molar-refractivity contribution in [3.63, 3.8) is 0 Å². The number of likely N-dealkylation sites (N-methyl/N-ethyl adjacent to an activating group) is 1. The van der Waals surface area contributed by atoms with Gasteiger partial charge in [0.15, 0.2) is 6.61 Å². The Kier molecular flexibility index (Phi) is 12.0. The highest BCUT2D eigenvalue weighted by atomic mass is 19.1. The molecule has 1 fully saturated rings. The van der Waals surface area contributed by atoms with Gasteiger partial charge in [0.25, 0.3) is 5.91 Å². The first-order valence-electron chi connectivity index (χ1n) is 15.1. The molecule has 3 aromatic rings. The third kappa shape index (κ3) is 9.75. The zero-order valence-electron chi connectivity index (χ0n) is 25.9. The summed E-state index contributed by atoms with van der Waals surface area (Å²) in [5, 5.41) is 5.27. The average molecular weight is 637 g/mol. The molecular weight excluding hydrogens is 598 g/mol. The van der Waals surface area contributed by atoms with Gasteiger partial charge in [-0.1, -0.05) is 49.9 Å². The van der Waals surface area contributed by atoms with Gasteiger partial charge in [-0.25, -0.2) is 13.6 Å². The number of hydrogen-bond acceptors (Lipinski definition) is 6. The summed E-state index contributed by atoms with van der Waals surface area (Å²) in [5.41, 5.74) is 1.56. The molecule has 0 atom stereocenters. The second-order valence-electron chi connectivity index (χ2n) is 11.1. The maximum atomic E-state index is 13.7. The number of methoxy groups -OCH3 is 1. The first kappa shape index (κ1) is 33.9. The Balaban J connectivity index is 1.43. The molecule has 0 saturated heterocycles. The Morgan fingerprint density at radius 1 is 0.913 bits per heavy atom. The molecule has 1 aliphatic carbocycles. The van der Waals surface area contributed by atoms with Crippen LogP contribution in [0, 0.1) is 17.6 Å². The molecule has 4 rings (SSSR count). The SMILES string of the molecule is COC(=O)Cc1cccc(NC(=O)NCC(=O)N(CCC2CCCC2)c2ccccc2OCC(=O)N(C)c2cc(F)cc(F)c2)c1. The third-order valence-electron chi connectivity index (χ3n) is 7.81. The number of halogens is 2. The summed E-state index contributed by atoms with van der Waals surface area (Å²) in [6.45, 7) is -0.398. The van der Waals surface area contributed by atoms with E-state index >= 15 is 0 Å². The number of ether oxygens (including phenoxy) is 2. The molecular formula is C34H38F2N4O6. The van der Waals surface area contributed by atoms with Crippen LogP contribution in [0.3, 0.4) is 0 Å². The summed E-state index contributed by atoms with van der Waals surface area (Å²) in [6.07, 6.45) is 5.26. The molecule has 1 saturated carbocycles. The van der Waals surface area contributed by atoms with Crippen molar-refractivity contribution in [1.82, 2.24) is 5.32 Å². The number of para-hydroxylation sites is 2. The Labute approximate surface area is 266 Å². The van der Waals surface area contributed by atoms with E-state index in [-0.39, 0.29) is 30.3 Å². The smallest absolute Gasteiger partial charge is 0.319 e. The zero-order valence-corrected chi connectivity index (χ0v) is 25.9. The van der Waals surface area contributed by atoms with E-state index in [0.717, 1.165) is 55.2 Å². The first-order valence-corrected chi connectivity index (χ1v) is 15.1. The van der Waals surface area contributed by atoms with Crippen molar-refractivity contribution in [1.29, 1.82) is 0 Å². The lowest BCUT2D eigenvalue weighted by Gasteiger charge is -2.27. The quantitative estimate of drug-likeness (QED) is 0.241. The minimum absolute atomic E-state index is 0.0345. The van der Waals surface area contributed by atoms with Gasteiger partial charge in [-0.15, -0.1) is 0 Å². The fourth-order valence-corrected chi connectivity index (χ4v) is 5.33. The molecule has 3 aromatic carbocycles. The predicted molar refractivity (Wildman–Crippen MR) is 170 cm³/mol. The largest absolute Gasteiger partial charge is 0.482 e. The van der Waals surface area contributed by atoms with E-state index in [4.69, 9.17) is 4.74 Å². The second kappa shape index (κ2) is 16.4. The Bertz CT molecular complexity index is 1530. The monoisotopic (exact) mass is 636 g/mol. The van der Waals surface area contributed by atoms with E-state index in [1.807, 2.05) is 0 Å². The predicted octanol–water partition coefficient (Wildman–Crippen LogP) is 5.46. The van der Waals surface area contributed by atoms with Crippen molar-refractivity contribution in [2.45, 2.75) is 38.5 Å². The van der Waals surface area contributed by atoms with Crippen LogP contribution in [0.25, 0.3) is 0 Å². The van der Waals surface area contributed by atoms with Gasteiger partial charge in [0, 0.05) is 31.0 Å². The molecule has 244 valence electrons. The van der Waals surface area contributed by atoms with Gasteiger partial charge in [-0.05, 0) is 54.3 Å². The molecule has 0 radical (unpaired) electrons. The van der Waals surface area contributed by atoms with Crippen molar-refractivity contribution in [3.8, 4) is 5.75 Å². The van der Waals surface area contributed by atoms with E-state index in [9.17, 15) is 28.0 Å². The topological polar surface area (TPSA) is 117 Å². The number of benzene rings is 3. The van der Waals surface area contributed by atoms with Gasteiger partial charge in [0.05, 0.1) is 25.8 Å². The van der Waals surface area contributed by atoms with E-state index < -0.39 is 36.1 Å². The van der Waals surface area contributed by atoms with E-state index in [1.165, 1.54) is 14.2 Å². The summed E-state index contributed by atoms with van der Waals surface area (Å²) in [6, 6.07) is 15.7. The number of hydrogen-bond donors (Lipinski definition) is 2. The van der Waals surface area contributed by atoms with Gasteiger partial charge < -0.3 is 29.9 Å². The lowest BCUT2D eigenvalue weighted by Crippen LogP contribution is -2.42. The van der Waals surface area contributed by atoms with Crippen molar-refractivity contribution >= 4 is 40.9 Å². The molecule has 4 amide bonds. The van der Waals surface area contributed by atoms with Crippen LogP contribution in [0.15, 0.2) is 66.7 Å². The van der Waals surface area contributed by atoms with Gasteiger partial charge in [-0.2, -0.15) is 0 Å². The number of carbonyl (C=O) groups is 4. The number of nitrogens with one attached hydrogen (secondary N) is 2. The Morgan fingerprint density at radius 2 is 1.63 bits per heavy atom. The lowest BCUT2D eigenvalue weighted by atomic mass is 10.0. The Morgan fingerprint density at radius 3 is 2.35 bits per heavy atom.